The fourth-order valence-electron chi connectivity index (χ4n) is 4.08. The molecule has 25 heavy (non-hydrogen) atoms. The van der Waals surface area contributed by atoms with Crippen molar-refractivity contribution in [1.82, 2.24) is 10.6 Å². The molecule has 138 valence electrons. The maximum Gasteiger partial charge on any atom is 0.241 e. The van der Waals surface area contributed by atoms with Gasteiger partial charge in [-0.05, 0) is 63.3 Å². The first-order valence-electron chi connectivity index (χ1n) is 9.20. The molecule has 1 saturated heterocycles. The van der Waals surface area contributed by atoms with Gasteiger partial charge >= 0.3 is 0 Å². The second kappa shape index (κ2) is 7.08. The van der Waals surface area contributed by atoms with Gasteiger partial charge in [0.15, 0.2) is 14.6 Å². The van der Waals surface area contributed by atoms with Crippen LogP contribution in [-0.4, -0.2) is 38.2 Å². The number of hydrogen-bond donors (Lipinski definition) is 2. The van der Waals surface area contributed by atoms with E-state index < -0.39 is 14.6 Å². The van der Waals surface area contributed by atoms with E-state index in [-0.39, 0.29) is 11.9 Å². The van der Waals surface area contributed by atoms with Crippen molar-refractivity contribution in [2.24, 2.45) is 0 Å². The molecule has 2 aliphatic rings. The van der Waals surface area contributed by atoms with Crippen molar-refractivity contribution in [3.05, 3.63) is 29.3 Å². The minimum Gasteiger partial charge on any atom is -0.353 e. The third kappa shape index (κ3) is 3.34. The van der Waals surface area contributed by atoms with Gasteiger partial charge in [-0.25, -0.2) is 8.42 Å². The average Bonchev–Trinajstić information content (AvgIpc) is 3.27. The standard InChI is InChI=1S/C19H28N2O3S/c1-14-7-8-15(2)17(12-14)25(23,24)19(9-3-4-10-19)18(22)21-13-16-6-5-11-20-16/h7-8,12,16,20H,3-6,9-11,13H2,1-2H3,(H,21,22). The summed E-state index contributed by atoms with van der Waals surface area (Å²) in [5.74, 6) is -0.320. The van der Waals surface area contributed by atoms with Crippen LogP contribution in [0.25, 0.3) is 0 Å². The Labute approximate surface area is 150 Å². The lowest BCUT2D eigenvalue weighted by molar-refractivity contribution is -0.123. The predicted octanol–water partition coefficient (Wildman–Crippen LogP) is 2.26. The number of amides is 1. The molecule has 0 bridgehead atoms. The summed E-state index contributed by atoms with van der Waals surface area (Å²) in [6.07, 6.45) is 4.50. The largest absolute Gasteiger partial charge is 0.353 e. The van der Waals surface area contributed by atoms with Crippen LogP contribution < -0.4 is 10.6 Å². The number of aryl methyl sites for hydroxylation is 2. The number of carbonyl (C=O) groups excluding carboxylic acids is 1. The van der Waals surface area contributed by atoms with E-state index in [9.17, 15) is 13.2 Å². The quantitative estimate of drug-likeness (QED) is 0.840. The maximum absolute atomic E-state index is 13.5. The molecule has 2 fully saturated rings. The van der Waals surface area contributed by atoms with Gasteiger partial charge in [0.2, 0.25) is 5.91 Å². The lowest BCUT2D eigenvalue weighted by Gasteiger charge is -2.29. The molecule has 0 spiro atoms. The van der Waals surface area contributed by atoms with Crippen LogP contribution in [0.2, 0.25) is 0 Å². The highest BCUT2D eigenvalue weighted by atomic mass is 32.2. The Bertz CT molecular complexity index is 746. The Morgan fingerprint density at radius 1 is 1.24 bits per heavy atom. The predicted molar refractivity (Wildman–Crippen MR) is 98.3 cm³/mol. The molecule has 1 aromatic rings. The number of carbonyl (C=O) groups is 1. The van der Waals surface area contributed by atoms with Crippen LogP contribution in [0.15, 0.2) is 23.1 Å². The highest BCUT2D eigenvalue weighted by molar-refractivity contribution is 7.93. The molecule has 1 aliphatic carbocycles. The molecule has 2 N–H and O–H groups in total. The highest BCUT2D eigenvalue weighted by Crippen LogP contribution is 2.41. The second-order valence-electron chi connectivity index (χ2n) is 7.48. The van der Waals surface area contributed by atoms with Gasteiger partial charge in [0, 0.05) is 12.6 Å². The minimum atomic E-state index is -3.73. The normalized spacial score (nSPS) is 22.9. The zero-order chi connectivity index (χ0) is 18.1. The van der Waals surface area contributed by atoms with Crippen LogP contribution in [0.4, 0.5) is 0 Å². The van der Waals surface area contributed by atoms with Crippen molar-refractivity contribution in [1.29, 1.82) is 0 Å². The first-order chi connectivity index (χ1) is 11.9. The zero-order valence-electron chi connectivity index (χ0n) is 15.1. The summed E-state index contributed by atoms with van der Waals surface area (Å²) in [6, 6.07) is 5.69. The van der Waals surface area contributed by atoms with E-state index in [0.717, 1.165) is 37.8 Å². The maximum atomic E-state index is 13.5. The van der Waals surface area contributed by atoms with Crippen molar-refractivity contribution >= 4 is 15.7 Å². The molecule has 6 heteroatoms. The third-order valence-electron chi connectivity index (χ3n) is 5.64. The summed E-state index contributed by atoms with van der Waals surface area (Å²) in [7, 11) is -3.73. The molecule has 0 aromatic heterocycles. The molecule has 0 radical (unpaired) electrons. The first-order valence-corrected chi connectivity index (χ1v) is 10.7. The van der Waals surface area contributed by atoms with Crippen LogP contribution in [0.1, 0.15) is 49.7 Å². The van der Waals surface area contributed by atoms with Crippen LogP contribution >= 0.6 is 0 Å². The summed E-state index contributed by atoms with van der Waals surface area (Å²) in [5, 5.41) is 6.27. The van der Waals surface area contributed by atoms with E-state index in [1.54, 1.807) is 13.0 Å². The smallest absolute Gasteiger partial charge is 0.241 e. The Kier molecular flexibility index (Phi) is 5.21. The fourth-order valence-corrected chi connectivity index (χ4v) is 6.48. The summed E-state index contributed by atoms with van der Waals surface area (Å²) in [5.41, 5.74) is 1.61. The van der Waals surface area contributed by atoms with Gasteiger partial charge in [0.1, 0.15) is 0 Å². The number of hydrogen-bond acceptors (Lipinski definition) is 4. The molecular weight excluding hydrogens is 336 g/mol. The monoisotopic (exact) mass is 364 g/mol. The van der Waals surface area contributed by atoms with E-state index in [2.05, 4.69) is 10.6 Å². The summed E-state index contributed by atoms with van der Waals surface area (Å²) >= 11 is 0. The number of nitrogens with one attached hydrogen (secondary N) is 2. The van der Waals surface area contributed by atoms with Crippen LogP contribution in [0.5, 0.6) is 0 Å². The van der Waals surface area contributed by atoms with Gasteiger partial charge in [-0.1, -0.05) is 25.0 Å². The highest BCUT2D eigenvalue weighted by Gasteiger charge is 2.53. The number of rotatable bonds is 5. The topological polar surface area (TPSA) is 75.3 Å². The van der Waals surface area contributed by atoms with Gasteiger partial charge in [0.25, 0.3) is 0 Å². The van der Waals surface area contributed by atoms with Gasteiger partial charge in [-0.2, -0.15) is 0 Å². The molecular formula is C19H28N2O3S. The second-order valence-corrected chi connectivity index (χ2v) is 9.71. The number of benzene rings is 1. The van der Waals surface area contributed by atoms with E-state index in [0.29, 0.717) is 29.8 Å². The molecule has 1 heterocycles. The van der Waals surface area contributed by atoms with Crippen LogP contribution in [0.3, 0.4) is 0 Å². The Balaban J connectivity index is 1.90. The van der Waals surface area contributed by atoms with Crippen LogP contribution in [-0.2, 0) is 14.6 Å². The average molecular weight is 365 g/mol. The van der Waals surface area contributed by atoms with Gasteiger partial charge < -0.3 is 10.6 Å². The van der Waals surface area contributed by atoms with Crippen LogP contribution in [0, 0.1) is 13.8 Å². The van der Waals surface area contributed by atoms with Crippen molar-refractivity contribution in [2.75, 3.05) is 13.1 Å². The van der Waals surface area contributed by atoms with Crippen molar-refractivity contribution < 1.29 is 13.2 Å². The Hall–Kier alpha value is -1.40. The third-order valence-corrected chi connectivity index (χ3v) is 8.29. The Morgan fingerprint density at radius 2 is 1.96 bits per heavy atom. The van der Waals surface area contributed by atoms with Crippen molar-refractivity contribution in [3.8, 4) is 0 Å². The van der Waals surface area contributed by atoms with Gasteiger partial charge in [-0.3, -0.25) is 4.79 Å². The van der Waals surface area contributed by atoms with E-state index >= 15 is 0 Å². The van der Waals surface area contributed by atoms with Crippen molar-refractivity contribution in [2.45, 2.75) is 68.1 Å². The minimum absolute atomic E-state index is 0.255. The SMILES string of the molecule is Cc1ccc(C)c(S(=O)(=O)C2(C(=O)NCC3CCCN3)CCCC2)c1. The van der Waals surface area contributed by atoms with E-state index in [1.165, 1.54) is 0 Å². The molecule has 1 aromatic carbocycles. The van der Waals surface area contributed by atoms with Gasteiger partial charge in [-0.15, -0.1) is 0 Å². The molecule has 3 rings (SSSR count). The van der Waals surface area contributed by atoms with E-state index in [1.807, 2.05) is 19.1 Å². The molecule has 1 unspecified atom stereocenters. The molecule has 1 aliphatic heterocycles. The Morgan fingerprint density at radius 3 is 2.60 bits per heavy atom. The molecule has 1 atom stereocenters. The summed E-state index contributed by atoms with van der Waals surface area (Å²) < 4.78 is 25.7. The molecule has 1 amide bonds. The lowest BCUT2D eigenvalue weighted by atomic mass is 10.1. The summed E-state index contributed by atoms with van der Waals surface area (Å²) in [6.45, 7) is 5.15. The lowest BCUT2D eigenvalue weighted by Crippen LogP contribution is -2.52. The fraction of sp³-hybridized carbons (Fsp3) is 0.632. The molecule has 5 nitrogen and oxygen atoms in total. The van der Waals surface area contributed by atoms with E-state index in [4.69, 9.17) is 0 Å². The molecule has 1 saturated carbocycles. The zero-order valence-corrected chi connectivity index (χ0v) is 15.9. The number of sulfone groups is 1. The summed E-state index contributed by atoms with van der Waals surface area (Å²) in [4.78, 5) is 13.3. The van der Waals surface area contributed by atoms with Gasteiger partial charge in [0.05, 0.1) is 4.90 Å². The van der Waals surface area contributed by atoms with Crippen molar-refractivity contribution in [3.63, 3.8) is 0 Å². The first kappa shape index (κ1) is 18.4.